The third-order valence-corrected chi connectivity index (χ3v) is 5.84. The van der Waals surface area contributed by atoms with E-state index in [0.29, 0.717) is 17.1 Å². The number of hydrogen-bond donors (Lipinski definition) is 3. The number of nitrogens with zero attached hydrogens (tertiary/aromatic N) is 2. The maximum Gasteiger partial charge on any atom is 0.335 e. The van der Waals surface area contributed by atoms with E-state index in [1.165, 1.54) is 36.4 Å². The minimum absolute atomic E-state index is 0.0412. The van der Waals surface area contributed by atoms with E-state index >= 15 is 0 Å². The predicted octanol–water partition coefficient (Wildman–Crippen LogP) is 4.80. The van der Waals surface area contributed by atoms with Crippen LogP contribution in [0.25, 0.3) is 17.4 Å². The molecule has 1 amide bonds. The highest BCUT2D eigenvalue weighted by Crippen LogP contribution is 2.34. The van der Waals surface area contributed by atoms with Crippen molar-refractivity contribution in [3.63, 3.8) is 0 Å². The quantitative estimate of drug-likeness (QED) is 0.238. The molecule has 0 spiro atoms. The molecule has 0 atom stereocenters. The summed E-state index contributed by atoms with van der Waals surface area (Å²) in [4.78, 5) is 49.6. The Kier molecular flexibility index (Phi) is 6.40. The molecule has 35 heavy (non-hydrogen) atoms. The summed E-state index contributed by atoms with van der Waals surface area (Å²) in [7, 11) is 0. The lowest BCUT2D eigenvalue weighted by Gasteiger charge is -2.02. The normalized spacial score (nSPS) is 15.4. The zero-order valence-electron chi connectivity index (χ0n) is 17.2. The van der Waals surface area contributed by atoms with E-state index in [2.05, 4.69) is 10.3 Å². The zero-order valence-corrected chi connectivity index (χ0v) is 18.8. The monoisotopic (exact) mass is 513 g/mol. The van der Waals surface area contributed by atoms with Crippen molar-refractivity contribution in [3.05, 3.63) is 85.5 Å². The van der Waals surface area contributed by atoms with Gasteiger partial charge >= 0.3 is 11.9 Å². The predicted molar refractivity (Wildman–Crippen MR) is 127 cm³/mol. The van der Waals surface area contributed by atoms with Crippen LogP contribution in [0, 0.1) is 10.1 Å². The van der Waals surface area contributed by atoms with Gasteiger partial charge in [-0.2, -0.15) is 0 Å². The average Bonchev–Trinajstić information content (AvgIpc) is 3.39. The maximum absolute atomic E-state index is 12.4. The molecule has 2 aromatic carbocycles. The molecule has 13 heteroatoms. The van der Waals surface area contributed by atoms with E-state index < -0.39 is 22.8 Å². The third-order valence-electron chi connectivity index (χ3n) is 4.62. The van der Waals surface area contributed by atoms with Crippen molar-refractivity contribution >= 4 is 63.8 Å². The summed E-state index contributed by atoms with van der Waals surface area (Å²) in [6, 6.07) is 10.5. The third kappa shape index (κ3) is 5.23. The van der Waals surface area contributed by atoms with Crippen LogP contribution in [0.15, 0.2) is 62.8 Å². The number of non-ortho nitro benzene ring substituents is 1. The number of nitro benzene ring substituents is 1. The molecule has 11 nitrogen and oxygen atoms in total. The number of aliphatic imine (C=N–C) groups is 1. The molecule has 4 rings (SSSR count). The SMILES string of the molecule is O=C1NC(=Nc2cc(C(=O)O)cc(C(=O)O)c2)S/C1=C/c1ccc(-c2ccc([N+](=O)[O-])cc2Cl)o1. The van der Waals surface area contributed by atoms with E-state index in [9.17, 15) is 34.7 Å². The maximum atomic E-state index is 12.4. The summed E-state index contributed by atoms with van der Waals surface area (Å²) in [5.74, 6) is -2.50. The van der Waals surface area contributed by atoms with Crippen molar-refractivity contribution in [2.24, 2.45) is 4.99 Å². The van der Waals surface area contributed by atoms with Crippen molar-refractivity contribution in [1.82, 2.24) is 5.32 Å². The van der Waals surface area contributed by atoms with Gasteiger partial charge in [0.2, 0.25) is 0 Å². The standard InChI is InChI=1S/C22H12ClN3O8S/c23-16-8-13(26(32)33)1-3-15(16)17-4-2-14(34-17)9-18-19(27)25-22(35-18)24-12-6-10(20(28)29)5-11(7-12)21(30)31/h1-9H,(H,28,29)(H,30,31)(H,24,25,27)/b18-9+. The smallest absolute Gasteiger partial charge is 0.335 e. The van der Waals surface area contributed by atoms with Crippen LogP contribution < -0.4 is 5.32 Å². The minimum Gasteiger partial charge on any atom is -0.478 e. The topological polar surface area (TPSA) is 172 Å². The Hall–Kier alpha value is -4.42. The van der Waals surface area contributed by atoms with Gasteiger partial charge in [-0.15, -0.1) is 0 Å². The number of carboxylic acid groups (broad SMARTS) is 2. The molecule has 176 valence electrons. The zero-order chi connectivity index (χ0) is 25.3. The van der Waals surface area contributed by atoms with Crippen LogP contribution in [-0.2, 0) is 4.79 Å². The Morgan fingerprint density at radius 1 is 1.09 bits per heavy atom. The lowest BCUT2D eigenvalue weighted by Crippen LogP contribution is -2.19. The number of amidine groups is 1. The number of benzene rings is 2. The first-order valence-electron chi connectivity index (χ1n) is 9.56. The van der Waals surface area contributed by atoms with Gasteiger partial charge in [-0.1, -0.05) is 11.6 Å². The molecule has 1 fully saturated rings. The van der Waals surface area contributed by atoms with E-state index in [0.717, 1.165) is 17.8 Å². The molecule has 1 saturated heterocycles. The molecule has 0 bridgehead atoms. The Morgan fingerprint density at radius 3 is 2.37 bits per heavy atom. The molecule has 0 aliphatic carbocycles. The summed E-state index contributed by atoms with van der Waals surface area (Å²) in [6.45, 7) is 0. The summed E-state index contributed by atoms with van der Waals surface area (Å²) in [5.41, 5.74) is -0.215. The Labute approximate surface area is 204 Å². The van der Waals surface area contributed by atoms with Crippen LogP contribution in [0.1, 0.15) is 26.5 Å². The number of carbonyl (C=O) groups is 3. The fraction of sp³-hybridized carbons (Fsp3) is 0. The Morgan fingerprint density at radius 2 is 1.77 bits per heavy atom. The van der Waals surface area contributed by atoms with Crippen LogP contribution >= 0.6 is 23.4 Å². The number of halogens is 1. The number of hydrogen-bond acceptors (Lipinski definition) is 8. The van der Waals surface area contributed by atoms with Crippen LogP contribution in [0.4, 0.5) is 11.4 Å². The van der Waals surface area contributed by atoms with E-state index in [1.807, 2.05) is 0 Å². The first-order chi connectivity index (χ1) is 16.6. The average molecular weight is 514 g/mol. The number of aromatic carboxylic acids is 2. The molecule has 1 aliphatic rings. The summed E-state index contributed by atoms with van der Waals surface area (Å²) in [5, 5.41) is 32.0. The first kappa shape index (κ1) is 23.7. The molecule has 3 aromatic rings. The number of thioether (sulfide) groups is 1. The van der Waals surface area contributed by atoms with E-state index in [4.69, 9.17) is 16.0 Å². The molecule has 3 N–H and O–H groups in total. The van der Waals surface area contributed by atoms with E-state index in [-0.39, 0.29) is 37.6 Å². The fourth-order valence-corrected chi connectivity index (χ4v) is 4.13. The fourth-order valence-electron chi connectivity index (χ4n) is 3.04. The summed E-state index contributed by atoms with van der Waals surface area (Å²) in [6.07, 6.45) is 1.45. The van der Waals surface area contributed by atoms with Gasteiger partial charge in [0.05, 0.1) is 31.7 Å². The number of carboxylic acids is 2. The van der Waals surface area contributed by atoms with Gasteiger partial charge in [0, 0.05) is 23.8 Å². The van der Waals surface area contributed by atoms with Gasteiger partial charge < -0.3 is 19.9 Å². The second kappa shape index (κ2) is 9.44. The van der Waals surface area contributed by atoms with Gasteiger partial charge in [0.1, 0.15) is 11.5 Å². The van der Waals surface area contributed by atoms with Crippen molar-refractivity contribution in [1.29, 1.82) is 0 Å². The number of carbonyl (C=O) groups excluding carboxylic acids is 1. The van der Waals surface area contributed by atoms with E-state index in [1.54, 1.807) is 12.1 Å². The molecule has 0 radical (unpaired) electrons. The van der Waals surface area contributed by atoms with Crippen molar-refractivity contribution in [2.45, 2.75) is 0 Å². The highest BCUT2D eigenvalue weighted by atomic mass is 35.5. The molecule has 1 aromatic heterocycles. The highest BCUT2D eigenvalue weighted by molar-refractivity contribution is 8.18. The number of amides is 1. The largest absolute Gasteiger partial charge is 0.478 e. The number of nitro groups is 1. The molecule has 1 aliphatic heterocycles. The van der Waals surface area contributed by atoms with Crippen molar-refractivity contribution < 1.29 is 33.9 Å². The minimum atomic E-state index is -1.32. The van der Waals surface area contributed by atoms with Gasteiger partial charge in [0.15, 0.2) is 5.17 Å². The van der Waals surface area contributed by atoms with Crippen molar-refractivity contribution in [3.8, 4) is 11.3 Å². The van der Waals surface area contributed by atoms with Gasteiger partial charge in [-0.25, -0.2) is 14.6 Å². The number of furan rings is 1. The first-order valence-corrected chi connectivity index (χ1v) is 10.8. The molecule has 2 heterocycles. The van der Waals surface area contributed by atoms with Crippen LogP contribution in [0.5, 0.6) is 0 Å². The van der Waals surface area contributed by atoms with Crippen LogP contribution in [-0.4, -0.2) is 38.1 Å². The lowest BCUT2D eigenvalue weighted by atomic mass is 10.1. The Bertz CT molecular complexity index is 1440. The summed E-state index contributed by atoms with van der Waals surface area (Å²) >= 11 is 7.08. The van der Waals surface area contributed by atoms with Crippen LogP contribution in [0.2, 0.25) is 5.02 Å². The summed E-state index contributed by atoms with van der Waals surface area (Å²) < 4.78 is 5.70. The van der Waals surface area contributed by atoms with Gasteiger partial charge in [-0.05, 0) is 48.2 Å². The lowest BCUT2D eigenvalue weighted by molar-refractivity contribution is -0.384. The van der Waals surface area contributed by atoms with Crippen molar-refractivity contribution in [2.75, 3.05) is 0 Å². The van der Waals surface area contributed by atoms with Gasteiger partial charge in [0.25, 0.3) is 11.6 Å². The van der Waals surface area contributed by atoms with Gasteiger partial charge in [-0.3, -0.25) is 14.9 Å². The second-order valence-electron chi connectivity index (χ2n) is 6.98. The molecular weight excluding hydrogens is 502 g/mol. The van der Waals surface area contributed by atoms with Crippen LogP contribution in [0.3, 0.4) is 0 Å². The highest BCUT2D eigenvalue weighted by Gasteiger charge is 2.25. The Balaban J connectivity index is 1.58. The molecular formula is C22H12ClN3O8S. The number of nitrogens with one attached hydrogen (secondary N) is 1. The number of rotatable bonds is 6. The second-order valence-corrected chi connectivity index (χ2v) is 8.42. The molecule has 0 saturated carbocycles. The molecule has 0 unspecified atom stereocenters.